The zero-order valence-corrected chi connectivity index (χ0v) is 23.7. The fourth-order valence-electron chi connectivity index (χ4n) is 3.73. The smallest absolute Gasteiger partial charge is 0.263 e. The Hall–Kier alpha value is -3.86. The molecule has 0 fully saturated rings. The Bertz CT molecular complexity index is 1750. The molecule has 0 aliphatic rings. The molecule has 39 heavy (non-hydrogen) atoms. The summed E-state index contributed by atoms with van der Waals surface area (Å²) >= 11 is 6.19. The molecule has 0 saturated heterocycles. The zero-order valence-electron chi connectivity index (χ0n) is 21.3. The van der Waals surface area contributed by atoms with Gasteiger partial charge in [-0.05, 0) is 87.0 Å². The van der Waals surface area contributed by atoms with Crippen molar-refractivity contribution in [3.05, 3.63) is 112 Å². The second kappa shape index (κ2) is 11.1. The number of sulfonamides is 2. The summed E-state index contributed by atoms with van der Waals surface area (Å²) in [4.78, 5) is 12.7. The molecule has 4 aromatic carbocycles. The molecule has 8 nitrogen and oxygen atoms in total. The lowest BCUT2D eigenvalue weighted by atomic mass is 10.1. The summed E-state index contributed by atoms with van der Waals surface area (Å²) in [6.45, 7) is 5.59. The Morgan fingerprint density at radius 3 is 1.92 bits per heavy atom. The molecule has 0 spiro atoms. The van der Waals surface area contributed by atoms with Crippen molar-refractivity contribution >= 4 is 54.6 Å². The second-order valence-electron chi connectivity index (χ2n) is 9.02. The van der Waals surface area contributed by atoms with E-state index in [0.29, 0.717) is 17.1 Å². The first-order valence-corrected chi connectivity index (χ1v) is 15.1. The first kappa shape index (κ1) is 28.2. The molecule has 202 valence electrons. The number of carbonyl (C=O) groups excluding carboxylic acids is 1. The predicted octanol–water partition coefficient (Wildman–Crippen LogP) is 6.12. The first-order valence-electron chi connectivity index (χ1n) is 11.7. The molecule has 0 heterocycles. The number of hydrogen-bond donors (Lipinski definition) is 3. The number of nitrogens with one attached hydrogen (secondary N) is 3. The number of halogens is 1. The zero-order chi connectivity index (χ0) is 28.4. The van der Waals surface area contributed by atoms with Gasteiger partial charge < -0.3 is 5.32 Å². The Kier molecular flexibility index (Phi) is 8.01. The summed E-state index contributed by atoms with van der Waals surface area (Å²) in [6, 6.07) is 21.7. The molecular weight excluding hydrogens is 558 g/mol. The van der Waals surface area contributed by atoms with Gasteiger partial charge in [-0.15, -0.1) is 0 Å². The van der Waals surface area contributed by atoms with Gasteiger partial charge in [-0.25, -0.2) is 16.8 Å². The maximum atomic E-state index is 13.1. The molecule has 4 rings (SSSR count). The molecule has 11 heteroatoms. The van der Waals surface area contributed by atoms with Crippen LogP contribution in [-0.2, 0) is 20.0 Å². The fraction of sp³-hybridized carbons (Fsp3) is 0.107. The van der Waals surface area contributed by atoms with Gasteiger partial charge in [-0.3, -0.25) is 14.2 Å². The van der Waals surface area contributed by atoms with Crippen molar-refractivity contribution in [1.29, 1.82) is 0 Å². The lowest BCUT2D eigenvalue weighted by molar-refractivity contribution is 0.102. The van der Waals surface area contributed by atoms with E-state index < -0.39 is 26.0 Å². The molecule has 0 radical (unpaired) electrons. The third-order valence-corrected chi connectivity index (χ3v) is 9.08. The summed E-state index contributed by atoms with van der Waals surface area (Å²) in [5, 5.41) is 2.60. The molecule has 3 N–H and O–H groups in total. The van der Waals surface area contributed by atoms with Crippen LogP contribution in [0.1, 0.15) is 27.0 Å². The van der Waals surface area contributed by atoms with Gasteiger partial charge in [0.05, 0.1) is 15.6 Å². The van der Waals surface area contributed by atoms with Gasteiger partial charge in [0.25, 0.3) is 26.0 Å². The Labute approximate surface area is 233 Å². The van der Waals surface area contributed by atoms with E-state index in [1.54, 1.807) is 43.3 Å². The third-order valence-electron chi connectivity index (χ3n) is 5.84. The normalized spacial score (nSPS) is 11.6. The lowest BCUT2D eigenvalue weighted by Crippen LogP contribution is -2.17. The standard InChI is InChI=1S/C28H26ClN3O5S2/c1-18-4-8-23(9-5-18)31-38(34,35)24-12-10-22(11-13-24)30-28(33)21-7-14-25(29)27(17-21)39(36,37)32-26-15-6-19(2)16-20(26)3/h4-17,31-32H,1-3H3,(H,30,33). The molecule has 0 saturated carbocycles. The van der Waals surface area contributed by atoms with Gasteiger partial charge in [0.15, 0.2) is 0 Å². The minimum Gasteiger partial charge on any atom is -0.322 e. The lowest BCUT2D eigenvalue weighted by Gasteiger charge is -2.13. The maximum absolute atomic E-state index is 13.1. The highest BCUT2D eigenvalue weighted by atomic mass is 35.5. The van der Waals surface area contributed by atoms with Crippen LogP contribution in [0.15, 0.2) is 94.7 Å². The quantitative estimate of drug-likeness (QED) is 0.231. The van der Waals surface area contributed by atoms with Crippen LogP contribution in [-0.4, -0.2) is 22.7 Å². The van der Waals surface area contributed by atoms with Crippen LogP contribution >= 0.6 is 11.6 Å². The van der Waals surface area contributed by atoms with Crippen LogP contribution in [0.4, 0.5) is 17.1 Å². The van der Waals surface area contributed by atoms with Crippen molar-refractivity contribution in [2.45, 2.75) is 30.6 Å². The van der Waals surface area contributed by atoms with Gasteiger partial charge in [-0.2, -0.15) is 0 Å². The maximum Gasteiger partial charge on any atom is 0.263 e. The predicted molar refractivity (Wildman–Crippen MR) is 155 cm³/mol. The number of anilines is 3. The van der Waals surface area contributed by atoms with Gasteiger partial charge in [-0.1, -0.05) is 47.0 Å². The number of carbonyl (C=O) groups is 1. The van der Waals surface area contributed by atoms with E-state index in [4.69, 9.17) is 11.6 Å². The molecule has 0 aliphatic heterocycles. The van der Waals surface area contributed by atoms with Crippen molar-refractivity contribution in [3.63, 3.8) is 0 Å². The van der Waals surface area contributed by atoms with Crippen molar-refractivity contribution < 1.29 is 21.6 Å². The van der Waals surface area contributed by atoms with Crippen molar-refractivity contribution in [2.75, 3.05) is 14.8 Å². The van der Waals surface area contributed by atoms with Gasteiger partial charge in [0, 0.05) is 16.9 Å². The Balaban J connectivity index is 1.50. The van der Waals surface area contributed by atoms with Gasteiger partial charge in [0.1, 0.15) is 4.90 Å². The van der Waals surface area contributed by atoms with E-state index in [9.17, 15) is 21.6 Å². The minimum atomic E-state index is -4.09. The topological polar surface area (TPSA) is 121 Å². The average Bonchev–Trinajstić information content (AvgIpc) is 2.87. The molecule has 0 atom stereocenters. The Morgan fingerprint density at radius 1 is 0.667 bits per heavy atom. The number of amides is 1. The molecule has 0 aliphatic carbocycles. The van der Waals surface area contributed by atoms with E-state index in [1.807, 2.05) is 19.9 Å². The highest BCUT2D eigenvalue weighted by Crippen LogP contribution is 2.27. The van der Waals surface area contributed by atoms with Crippen LogP contribution in [0.25, 0.3) is 0 Å². The van der Waals surface area contributed by atoms with Crippen LogP contribution in [0.3, 0.4) is 0 Å². The largest absolute Gasteiger partial charge is 0.322 e. The van der Waals surface area contributed by atoms with Gasteiger partial charge >= 0.3 is 0 Å². The molecule has 4 aromatic rings. The summed E-state index contributed by atoms with van der Waals surface area (Å²) in [5.41, 5.74) is 3.93. The van der Waals surface area contributed by atoms with Crippen LogP contribution in [0, 0.1) is 20.8 Å². The second-order valence-corrected chi connectivity index (χ2v) is 12.8. The van der Waals surface area contributed by atoms with Crippen LogP contribution in [0.5, 0.6) is 0 Å². The molecule has 0 unspecified atom stereocenters. The first-order chi connectivity index (χ1) is 18.3. The molecule has 0 bridgehead atoms. The van der Waals surface area contributed by atoms with E-state index in [0.717, 1.165) is 16.7 Å². The fourth-order valence-corrected chi connectivity index (χ4v) is 6.45. The molecule has 1 amide bonds. The average molecular weight is 584 g/mol. The van der Waals surface area contributed by atoms with Crippen molar-refractivity contribution in [3.8, 4) is 0 Å². The molecule has 0 aromatic heterocycles. The summed E-state index contributed by atoms with van der Waals surface area (Å²) in [5.74, 6) is -0.594. The SMILES string of the molecule is Cc1ccc(NS(=O)(=O)c2ccc(NC(=O)c3ccc(Cl)c(S(=O)(=O)Nc4ccc(C)cc4C)c3)cc2)cc1. The van der Waals surface area contributed by atoms with E-state index in [1.165, 1.54) is 42.5 Å². The van der Waals surface area contributed by atoms with Crippen LogP contribution < -0.4 is 14.8 Å². The van der Waals surface area contributed by atoms with Crippen molar-refractivity contribution in [2.24, 2.45) is 0 Å². The van der Waals surface area contributed by atoms with E-state index in [2.05, 4.69) is 14.8 Å². The Morgan fingerprint density at radius 2 is 1.28 bits per heavy atom. The molecular formula is C28H26ClN3O5S2. The number of hydrogen-bond acceptors (Lipinski definition) is 5. The van der Waals surface area contributed by atoms with E-state index >= 15 is 0 Å². The summed E-state index contributed by atoms with van der Waals surface area (Å²) in [6.07, 6.45) is 0. The highest BCUT2D eigenvalue weighted by Gasteiger charge is 2.22. The van der Waals surface area contributed by atoms with Crippen LogP contribution in [0.2, 0.25) is 5.02 Å². The summed E-state index contributed by atoms with van der Waals surface area (Å²) in [7, 11) is -7.93. The minimum absolute atomic E-state index is 0.0124. The van der Waals surface area contributed by atoms with Gasteiger partial charge in [0.2, 0.25) is 0 Å². The van der Waals surface area contributed by atoms with E-state index in [-0.39, 0.29) is 20.4 Å². The monoisotopic (exact) mass is 583 g/mol. The number of rotatable bonds is 8. The third kappa shape index (κ3) is 6.78. The number of benzene rings is 4. The summed E-state index contributed by atoms with van der Waals surface area (Å²) < 4.78 is 56.6. The number of aryl methyl sites for hydroxylation is 3. The van der Waals surface area contributed by atoms with Crippen molar-refractivity contribution in [1.82, 2.24) is 0 Å². The highest BCUT2D eigenvalue weighted by molar-refractivity contribution is 7.93.